The van der Waals surface area contributed by atoms with Crippen molar-refractivity contribution in [2.24, 2.45) is 0 Å². The highest BCUT2D eigenvalue weighted by molar-refractivity contribution is 5.53. The Labute approximate surface area is 158 Å². The van der Waals surface area contributed by atoms with Gasteiger partial charge in [-0.25, -0.2) is 0 Å². The molecule has 0 unspecified atom stereocenters. The molecule has 3 aromatic carbocycles. The normalized spacial score (nSPS) is 11.9. The molecule has 0 aliphatic heterocycles. The molecule has 0 radical (unpaired) electrons. The highest BCUT2D eigenvalue weighted by Crippen LogP contribution is 2.29. The second-order valence-electron chi connectivity index (χ2n) is 6.60. The van der Waals surface area contributed by atoms with Crippen LogP contribution in [0.3, 0.4) is 0 Å². The third-order valence-corrected chi connectivity index (χ3v) is 4.66. The van der Waals surface area contributed by atoms with E-state index in [0.29, 0.717) is 11.8 Å². The lowest BCUT2D eigenvalue weighted by Gasteiger charge is -2.18. The Bertz CT molecular complexity index is 1030. The van der Waals surface area contributed by atoms with Crippen LogP contribution in [-0.2, 0) is 0 Å². The highest BCUT2D eigenvalue weighted by Gasteiger charge is 2.21. The van der Waals surface area contributed by atoms with Crippen molar-refractivity contribution >= 4 is 5.69 Å². The molecule has 1 atom stereocenters. The Hall–Kier alpha value is -3.40. The fourth-order valence-corrected chi connectivity index (χ4v) is 2.98. The number of hydrogen-bond donors (Lipinski definition) is 1. The fraction of sp³-hybridized carbons (Fsp3) is 0.130. The molecule has 1 N–H and O–H groups in total. The summed E-state index contributed by atoms with van der Waals surface area (Å²) in [6, 6.07) is 26.1. The second kappa shape index (κ2) is 7.46. The van der Waals surface area contributed by atoms with Gasteiger partial charge in [-0.3, -0.25) is 0 Å². The number of aryl methyl sites for hydroxylation is 2. The Morgan fingerprint density at radius 3 is 2.19 bits per heavy atom. The van der Waals surface area contributed by atoms with E-state index in [2.05, 4.69) is 59.7 Å². The van der Waals surface area contributed by atoms with Gasteiger partial charge in [0.2, 0.25) is 11.8 Å². The van der Waals surface area contributed by atoms with Gasteiger partial charge in [0, 0.05) is 11.3 Å². The fourth-order valence-electron chi connectivity index (χ4n) is 2.98. The van der Waals surface area contributed by atoms with Crippen molar-refractivity contribution in [2.75, 3.05) is 5.32 Å². The maximum atomic E-state index is 6.03. The van der Waals surface area contributed by atoms with E-state index >= 15 is 0 Å². The van der Waals surface area contributed by atoms with E-state index in [0.717, 1.165) is 16.8 Å². The van der Waals surface area contributed by atoms with Crippen molar-refractivity contribution in [1.82, 2.24) is 10.2 Å². The van der Waals surface area contributed by atoms with Crippen molar-refractivity contribution in [1.29, 1.82) is 0 Å². The molecule has 27 heavy (non-hydrogen) atoms. The van der Waals surface area contributed by atoms with Crippen LogP contribution in [-0.4, -0.2) is 10.2 Å². The van der Waals surface area contributed by atoms with Gasteiger partial charge in [-0.15, -0.1) is 10.2 Å². The lowest BCUT2D eigenvalue weighted by atomic mass is 10.1. The minimum absolute atomic E-state index is 0.224. The summed E-state index contributed by atoms with van der Waals surface area (Å²) in [6.45, 7) is 4.22. The van der Waals surface area contributed by atoms with Gasteiger partial charge in [-0.1, -0.05) is 54.6 Å². The zero-order chi connectivity index (χ0) is 18.6. The van der Waals surface area contributed by atoms with E-state index in [1.807, 2.05) is 48.5 Å². The summed E-state index contributed by atoms with van der Waals surface area (Å²) < 4.78 is 6.03. The molecule has 1 aromatic heterocycles. The highest BCUT2D eigenvalue weighted by atomic mass is 16.4. The molecule has 4 heteroatoms. The van der Waals surface area contributed by atoms with Crippen molar-refractivity contribution in [2.45, 2.75) is 19.9 Å². The van der Waals surface area contributed by atoms with Gasteiger partial charge in [0.25, 0.3) is 0 Å². The number of benzene rings is 3. The quantitative estimate of drug-likeness (QED) is 0.509. The zero-order valence-electron chi connectivity index (χ0n) is 15.4. The maximum absolute atomic E-state index is 6.03. The number of nitrogens with one attached hydrogen (secondary N) is 1. The van der Waals surface area contributed by atoms with Crippen LogP contribution in [0.2, 0.25) is 0 Å². The smallest absolute Gasteiger partial charge is 0.247 e. The number of hydrogen-bond acceptors (Lipinski definition) is 4. The average Bonchev–Trinajstić information content (AvgIpc) is 3.20. The summed E-state index contributed by atoms with van der Waals surface area (Å²) in [5, 5.41) is 12.1. The molecule has 1 heterocycles. The van der Waals surface area contributed by atoms with Gasteiger partial charge in [-0.05, 0) is 54.8 Å². The van der Waals surface area contributed by atoms with Crippen LogP contribution in [0.15, 0.2) is 83.3 Å². The average molecular weight is 355 g/mol. The van der Waals surface area contributed by atoms with Crippen LogP contribution in [0.25, 0.3) is 11.5 Å². The van der Waals surface area contributed by atoms with Gasteiger partial charge in [0.1, 0.15) is 6.04 Å². The second-order valence-corrected chi connectivity index (χ2v) is 6.60. The third kappa shape index (κ3) is 3.75. The molecule has 0 saturated heterocycles. The van der Waals surface area contributed by atoms with E-state index in [4.69, 9.17) is 4.42 Å². The summed E-state index contributed by atoms with van der Waals surface area (Å²) in [7, 11) is 0. The van der Waals surface area contributed by atoms with Gasteiger partial charge in [0.15, 0.2) is 0 Å². The summed E-state index contributed by atoms with van der Waals surface area (Å²) in [6.07, 6.45) is 0. The van der Waals surface area contributed by atoms with Crippen LogP contribution >= 0.6 is 0 Å². The number of aromatic nitrogens is 2. The Morgan fingerprint density at radius 2 is 1.48 bits per heavy atom. The molecule has 4 aromatic rings. The van der Waals surface area contributed by atoms with Crippen molar-refractivity contribution in [3.05, 3.63) is 101 Å². The van der Waals surface area contributed by atoms with E-state index in [-0.39, 0.29) is 6.04 Å². The topological polar surface area (TPSA) is 51.0 Å². The first-order valence-electron chi connectivity index (χ1n) is 8.98. The van der Waals surface area contributed by atoms with E-state index < -0.39 is 0 Å². The molecule has 0 bridgehead atoms. The third-order valence-electron chi connectivity index (χ3n) is 4.66. The zero-order valence-corrected chi connectivity index (χ0v) is 15.4. The maximum Gasteiger partial charge on any atom is 0.247 e. The first-order chi connectivity index (χ1) is 13.2. The van der Waals surface area contributed by atoms with Crippen molar-refractivity contribution < 1.29 is 4.42 Å². The van der Waals surface area contributed by atoms with Crippen LogP contribution in [0.5, 0.6) is 0 Å². The lowest BCUT2D eigenvalue weighted by Crippen LogP contribution is -2.13. The molecule has 4 nitrogen and oxygen atoms in total. The van der Waals surface area contributed by atoms with Gasteiger partial charge >= 0.3 is 0 Å². The van der Waals surface area contributed by atoms with E-state index in [9.17, 15) is 0 Å². The minimum atomic E-state index is -0.224. The Kier molecular flexibility index (Phi) is 4.71. The first kappa shape index (κ1) is 17.0. The molecular weight excluding hydrogens is 334 g/mol. The molecule has 0 amide bonds. The summed E-state index contributed by atoms with van der Waals surface area (Å²) >= 11 is 0. The predicted molar refractivity (Wildman–Crippen MR) is 108 cm³/mol. The molecule has 4 rings (SSSR count). The van der Waals surface area contributed by atoms with Gasteiger partial charge in [0.05, 0.1) is 0 Å². The van der Waals surface area contributed by atoms with Crippen molar-refractivity contribution in [3.8, 4) is 11.5 Å². The molecular formula is C23H21N3O. The summed E-state index contributed by atoms with van der Waals surface area (Å²) in [4.78, 5) is 0. The largest absolute Gasteiger partial charge is 0.418 e. The molecule has 134 valence electrons. The summed E-state index contributed by atoms with van der Waals surface area (Å²) in [5.41, 5.74) is 5.50. The SMILES string of the molecule is Cc1ccc(N[C@@H](c2ccccc2)c2nnc(-c3ccccc3)o2)cc1C. The molecule has 0 aliphatic rings. The molecule has 0 spiro atoms. The first-order valence-corrected chi connectivity index (χ1v) is 8.98. The summed E-state index contributed by atoms with van der Waals surface area (Å²) in [5.74, 6) is 1.06. The molecule has 0 aliphatic carbocycles. The molecule has 0 saturated carbocycles. The van der Waals surface area contributed by atoms with Gasteiger partial charge < -0.3 is 9.73 Å². The van der Waals surface area contributed by atoms with Crippen LogP contribution in [0, 0.1) is 13.8 Å². The lowest BCUT2D eigenvalue weighted by molar-refractivity contribution is 0.494. The number of nitrogens with zero attached hydrogens (tertiary/aromatic N) is 2. The Balaban J connectivity index is 1.70. The van der Waals surface area contributed by atoms with E-state index in [1.165, 1.54) is 11.1 Å². The van der Waals surface area contributed by atoms with Crippen LogP contribution < -0.4 is 5.32 Å². The minimum Gasteiger partial charge on any atom is -0.418 e. The van der Waals surface area contributed by atoms with E-state index in [1.54, 1.807) is 0 Å². The van der Waals surface area contributed by atoms with Crippen molar-refractivity contribution in [3.63, 3.8) is 0 Å². The standard InChI is InChI=1S/C23H21N3O/c1-16-13-14-20(15-17(16)2)24-21(18-9-5-3-6-10-18)23-26-25-22(27-23)19-11-7-4-8-12-19/h3-15,21,24H,1-2H3/t21-/m0/s1. The number of rotatable bonds is 5. The Morgan fingerprint density at radius 1 is 0.778 bits per heavy atom. The van der Waals surface area contributed by atoms with Gasteiger partial charge in [-0.2, -0.15) is 0 Å². The van der Waals surface area contributed by atoms with Crippen LogP contribution in [0.4, 0.5) is 5.69 Å². The van der Waals surface area contributed by atoms with Crippen LogP contribution in [0.1, 0.15) is 28.6 Å². The number of anilines is 1. The monoisotopic (exact) mass is 355 g/mol. The predicted octanol–water partition coefficient (Wildman–Crippen LogP) is 5.55. The molecule has 0 fully saturated rings.